The zero-order valence-electron chi connectivity index (χ0n) is 82.8. The van der Waals surface area contributed by atoms with E-state index in [4.69, 9.17) is 77.8 Å². The van der Waals surface area contributed by atoms with Crippen LogP contribution in [-0.4, -0.2) is 175 Å². The Hall–Kier alpha value is -14.0. The summed E-state index contributed by atoms with van der Waals surface area (Å²) < 4.78 is 59.0. The molecule has 144 heavy (non-hydrogen) atoms. The second-order valence-electron chi connectivity index (χ2n) is 39.3. The van der Waals surface area contributed by atoms with Crippen LogP contribution in [0.3, 0.4) is 0 Å². The lowest BCUT2D eigenvalue weighted by Gasteiger charge is -2.30. The van der Waals surface area contributed by atoms with Crippen LogP contribution >= 0.6 is 0 Å². The molecule has 0 fully saturated rings. The zero-order chi connectivity index (χ0) is 102. The molecule has 17 rings (SSSR count). The Balaban J connectivity index is 1.01. The van der Waals surface area contributed by atoms with Gasteiger partial charge in [0.2, 0.25) is 0 Å². The van der Waals surface area contributed by atoms with Gasteiger partial charge < -0.3 is 58.3 Å². The third-order valence-corrected chi connectivity index (χ3v) is 29.3. The quantitative estimate of drug-likeness (QED) is 0.0203. The Morgan fingerprint density at radius 1 is 0.222 bits per heavy atom. The maximum atomic E-state index is 15.0. The van der Waals surface area contributed by atoms with Gasteiger partial charge in [-0.25, -0.2) is 59.0 Å². The number of hydrogen-bond acceptors (Lipinski definition) is 28. The maximum absolute atomic E-state index is 15.0. The van der Waals surface area contributed by atoms with Crippen molar-refractivity contribution in [3.63, 3.8) is 0 Å². The van der Waals surface area contributed by atoms with E-state index < -0.39 is 212 Å². The number of carbonyl (C=O) groups excluding carboxylic acids is 8. The first-order chi connectivity index (χ1) is 69.6. The Bertz CT molecular complexity index is 5390. The van der Waals surface area contributed by atoms with Gasteiger partial charge in [-0.15, -0.1) is 0 Å². The molecule has 4 atom stereocenters. The minimum Gasteiger partial charge on any atom is -0.480 e. The largest absolute Gasteiger partial charge is 0.480 e. The number of carbonyl (C=O) groups is 12. The molecule has 0 spiro atoms. The van der Waals surface area contributed by atoms with Crippen molar-refractivity contribution in [3.05, 3.63) is 139 Å². The van der Waals surface area contributed by atoms with E-state index in [-0.39, 0.29) is 46.0 Å². The molecule has 0 unspecified atom stereocenters. The molecule has 4 aromatic carbocycles. The van der Waals surface area contributed by atoms with Crippen LogP contribution in [-0.2, 0) is 19.2 Å². The molecule has 8 aromatic rings. The standard InChI is InChI=1S/C108H124N12O24/c1-9-13-17-21-25-29-33-37-41-45-61-65-49-67-62(46-42-38-34-30-26-22-18-14-10-2)69-51-71-64(48-44-40-36-32-28-24-20-16-12-4)72-52-70-63(47-43-39-35-31-27-23-19-15-11-3)68-50-66(61)74-54-76(68)140-92-94(114-86-84(112-92)100(124)119(102(86)126)59(7)107(133)134)142-78(70)56-80(72)144-96-95(115-87-88(116-96)104(128)120(103(87)127)60(8)108(135)136)143-79(71)55-77(69)141-93-91(111-83-85(113-93)101(125)118(99(83)123)58(6)106(131)132)139-75(67)53-73(65)137-89-90(138-74)110-82-81(109-89)97(121)117(98(82)122)57(5)105(129)130/h49-64H,9-48H2,1-8H3,(H,129,130)(H,131,132)(H,133,134)(H,135,136)/t57-,58-,59-,60-,61?,62?,63?,64?/m0/s1. The van der Waals surface area contributed by atoms with Crippen LogP contribution in [0.5, 0.6) is 93.0 Å². The minimum absolute atomic E-state index is 0.0258. The van der Waals surface area contributed by atoms with E-state index in [1.807, 2.05) is 24.3 Å². The molecule has 36 nitrogen and oxygen atoms in total. The van der Waals surface area contributed by atoms with E-state index in [2.05, 4.69) is 27.7 Å². The highest BCUT2D eigenvalue weighted by atomic mass is 16.6. The van der Waals surface area contributed by atoms with Gasteiger partial charge in [-0.3, -0.25) is 58.0 Å². The highest BCUT2D eigenvalue weighted by molar-refractivity contribution is 6.23. The van der Waals surface area contributed by atoms with Gasteiger partial charge in [-0.1, -0.05) is 259 Å². The second-order valence-corrected chi connectivity index (χ2v) is 39.3. The predicted octanol–water partition coefficient (Wildman–Crippen LogP) is 23.2. The van der Waals surface area contributed by atoms with Crippen LogP contribution in [0.25, 0.3) is 0 Å². The number of aliphatic carboxylic acids is 4. The van der Waals surface area contributed by atoms with Crippen molar-refractivity contribution in [2.75, 3.05) is 0 Å². The summed E-state index contributed by atoms with van der Waals surface area (Å²) in [6.45, 7) is 13.3. The Morgan fingerprint density at radius 3 is 0.472 bits per heavy atom. The fraction of sp³-hybridized carbons (Fsp3) is 0.519. The smallest absolute Gasteiger partial charge is 0.326 e. The molecule has 8 aliphatic heterocycles. The number of unbranched alkanes of at least 4 members (excludes halogenated alkanes) is 32. The van der Waals surface area contributed by atoms with Crippen molar-refractivity contribution in [1.82, 2.24) is 59.5 Å². The number of rotatable bonds is 48. The van der Waals surface area contributed by atoms with E-state index in [9.17, 15) is 78.0 Å². The first-order valence-corrected chi connectivity index (χ1v) is 51.9. The Labute approximate surface area is 833 Å². The van der Waals surface area contributed by atoms with Crippen LogP contribution in [0.1, 0.15) is 464 Å². The topological polar surface area (TPSA) is 476 Å². The van der Waals surface area contributed by atoms with E-state index in [1.54, 1.807) is 24.3 Å². The number of carboxylic acids is 4. The monoisotopic (exact) mass is 1970 g/mol. The number of fused-ring (bicyclic) bond motifs is 8. The third-order valence-electron chi connectivity index (χ3n) is 29.3. The van der Waals surface area contributed by atoms with Gasteiger partial charge in [-0.2, -0.15) is 0 Å². The lowest BCUT2D eigenvalue weighted by molar-refractivity contribution is -0.141. The molecule has 8 bridgehead atoms. The number of hydrogen-bond donors (Lipinski definition) is 4. The molecule has 9 aliphatic rings. The normalized spacial score (nSPS) is 17.5. The fourth-order valence-electron chi connectivity index (χ4n) is 21.1. The SMILES string of the molecule is CCCCCCCCCCCC1c2cc3c4cc2Oc2nc5c(nc2Oc2cc6c(cc21)C(CCCCCCCCCCC)c1cc2c(cc1Oc1nc7c(nc1O6)C(=O)N([C@@H](C)C(=O)O)C7=O)Oc1nc6c(nc1Oc1cc(c(cc1C2CCCCCCCCCCC)C3CCCCCCCCCCC)Oc1nc2c(nc1O4)C(=O)N([C@@H](C)C(=O)O)C2=O)C(=O)N([C@@H](C)C(=O)O)C6=O)C(=O)N([C@@H](C)C(=O)O)C5=O. The zero-order valence-corrected chi connectivity index (χ0v) is 82.8. The van der Waals surface area contributed by atoms with Gasteiger partial charge >= 0.3 is 23.9 Å². The molecule has 4 aromatic heterocycles. The molecule has 0 radical (unpaired) electrons. The first kappa shape index (κ1) is 102. The van der Waals surface area contributed by atoms with Crippen molar-refractivity contribution in [2.45, 2.75) is 360 Å². The van der Waals surface area contributed by atoms with E-state index >= 15 is 0 Å². The lowest BCUT2D eigenvalue weighted by atomic mass is 9.76. The second kappa shape index (κ2) is 44.5. The number of amides is 8. The van der Waals surface area contributed by atoms with Gasteiger partial charge in [-0.05, 0) is 77.6 Å². The molecule has 12 heterocycles. The van der Waals surface area contributed by atoms with Crippen LogP contribution in [0.2, 0.25) is 0 Å². The maximum Gasteiger partial charge on any atom is 0.326 e. The van der Waals surface area contributed by atoms with Crippen molar-refractivity contribution < 1.29 is 116 Å². The van der Waals surface area contributed by atoms with Gasteiger partial charge in [0, 0.05) is 92.4 Å². The van der Waals surface area contributed by atoms with Gasteiger partial charge in [0.1, 0.15) is 70.2 Å². The molecule has 0 saturated carbocycles. The summed E-state index contributed by atoms with van der Waals surface area (Å²) in [5.41, 5.74) is -1.29. The summed E-state index contributed by atoms with van der Waals surface area (Å²) in [7, 11) is 0. The van der Waals surface area contributed by atoms with Gasteiger partial charge in [0.05, 0.1) is 0 Å². The van der Waals surface area contributed by atoms with Crippen LogP contribution in [0.4, 0.5) is 0 Å². The Morgan fingerprint density at radius 2 is 0.347 bits per heavy atom. The summed E-state index contributed by atoms with van der Waals surface area (Å²) in [4.78, 5) is 212. The van der Waals surface area contributed by atoms with E-state index in [0.29, 0.717) is 141 Å². The number of benzene rings is 4. The van der Waals surface area contributed by atoms with Crippen molar-refractivity contribution in [3.8, 4) is 93.0 Å². The summed E-state index contributed by atoms with van der Waals surface area (Å²) in [6.07, 6.45) is 34.5. The van der Waals surface area contributed by atoms with Crippen LogP contribution in [0.15, 0.2) is 48.5 Å². The van der Waals surface area contributed by atoms with Gasteiger partial charge in [0.15, 0.2) is 45.6 Å². The summed E-state index contributed by atoms with van der Waals surface area (Å²) in [6, 6.07) is 7.24. The highest BCUT2D eigenvalue weighted by Crippen LogP contribution is 2.60. The average Bonchev–Trinajstić information content (AvgIpc) is 1.62. The summed E-state index contributed by atoms with van der Waals surface area (Å²) in [5.74, 6) is -23.3. The van der Waals surface area contributed by atoms with Crippen LogP contribution in [0, 0.1) is 0 Å². The predicted molar refractivity (Wildman–Crippen MR) is 520 cm³/mol. The molecule has 8 amide bonds. The summed E-state index contributed by atoms with van der Waals surface area (Å²) >= 11 is 0. The Kier molecular flexibility index (Phi) is 31.4. The number of nitrogens with zero attached hydrogens (tertiary/aromatic N) is 12. The molecular weight excluding hydrogens is 1850 g/mol. The van der Waals surface area contributed by atoms with Crippen molar-refractivity contribution in [2.24, 2.45) is 0 Å². The molecular formula is C108H124N12O24. The van der Waals surface area contributed by atoms with E-state index in [1.165, 1.54) is 0 Å². The minimum atomic E-state index is -1.75. The number of carboxylic acid groups (broad SMARTS) is 4. The molecule has 36 heteroatoms. The highest BCUT2D eigenvalue weighted by Gasteiger charge is 2.52. The number of aromatic nitrogens is 8. The van der Waals surface area contributed by atoms with Crippen LogP contribution < -0.4 is 37.9 Å². The average molecular weight is 1970 g/mol. The fourth-order valence-corrected chi connectivity index (χ4v) is 21.1. The lowest BCUT2D eigenvalue weighted by Crippen LogP contribution is -2.42. The van der Waals surface area contributed by atoms with Crippen molar-refractivity contribution in [1.29, 1.82) is 0 Å². The first-order valence-electron chi connectivity index (χ1n) is 51.9. The molecule has 4 N–H and O–H groups in total. The number of ether oxygens (including phenoxy) is 8. The molecule has 1 aliphatic carbocycles. The van der Waals surface area contributed by atoms with E-state index in [0.717, 1.165) is 207 Å². The third kappa shape index (κ3) is 20.4. The molecule has 760 valence electrons. The van der Waals surface area contributed by atoms with Gasteiger partial charge in [0.25, 0.3) is 94.3 Å². The summed E-state index contributed by atoms with van der Waals surface area (Å²) in [5, 5.41) is 42.1. The van der Waals surface area contributed by atoms with Crippen molar-refractivity contribution >= 4 is 71.1 Å². The molecule has 0 saturated heterocycles. The number of imide groups is 4.